The SMILES string of the molecule is CC(C)=C1CC(=C(C)C)C(=O)CC(C2C=CC=C2)C1. The summed E-state index contributed by atoms with van der Waals surface area (Å²) in [5.74, 6) is 1.23. The zero-order chi connectivity index (χ0) is 14.0. The molecule has 0 saturated heterocycles. The van der Waals surface area contributed by atoms with Gasteiger partial charge < -0.3 is 0 Å². The van der Waals surface area contributed by atoms with Crippen LogP contribution in [-0.4, -0.2) is 5.78 Å². The Kier molecular flexibility index (Phi) is 4.24. The molecule has 0 aromatic carbocycles. The van der Waals surface area contributed by atoms with Crippen LogP contribution in [0.3, 0.4) is 0 Å². The van der Waals surface area contributed by atoms with Gasteiger partial charge in [0, 0.05) is 6.42 Å². The topological polar surface area (TPSA) is 17.1 Å². The Hall–Kier alpha value is -1.37. The second kappa shape index (κ2) is 5.73. The Morgan fingerprint density at radius 2 is 1.63 bits per heavy atom. The third kappa shape index (κ3) is 3.15. The van der Waals surface area contributed by atoms with Gasteiger partial charge in [-0.05, 0) is 57.9 Å². The molecule has 1 atom stereocenters. The van der Waals surface area contributed by atoms with Gasteiger partial charge in [-0.1, -0.05) is 41.0 Å². The summed E-state index contributed by atoms with van der Waals surface area (Å²) in [6, 6.07) is 0. The molecule has 0 amide bonds. The van der Waals surface area contributed by atoms with Gasteiger partial charge in [-0.3, -0.25) is 4.79 Å². The van der Waals surface area contributed by atoms with Crippen LogP contribution in [0.4, 0.5) is 0 Å². The summed E-state index contributed by atoms with van der Waals surface area (Å²) in [6.45, 7) is 8.47. The Labute approximate surface area is 116 Å². The van der Waals surface area contributed by atoms with Crippen molar-refractivity contribution in [3.63, 3.8) is 0 Å². The first-order chi connectivity index (χ1) is 8.99. The van der Waals surface area contributed by atoms with Gasteiger partial charge in [0.1, 0.15) is 0 Å². The second-order valence-electron chi connectivity index (χ2n) is 6.20. The molecule has 1 unspecified atom stereocenters. The molecule has 1 heteroatoms. The highest BCUT2D eigenvalue weighted by molar-refractivity contribution is 5.97. The van der Waals surface area contributed by atoms with Crippen molar-refractivity contribution in [2.45, 2.75) is 47.0 Å². The summed E-state index contributed by atoms with van der Waals surface area (Å²) in [7, 11) is 0. The standard InChI is InChI=1S/C18H24O/c1-12(2)15-9-16(14-7-5-6-8-14)11-18(19)17(10-15)13(3)4/h5-8,14,16H,9-11H2,1-4H3. The van der Waals surface area contributed by atoms with Crippen molar-refractivity contribution >= 4 is 5.78 Å². The lowest BCUT2D eigenvalue weighted by atomic mass is 9.85. The van der Waals surface area contributed by atoms with E-state index in [2.05, 4.69) is 52.0 Å². The van der Waals surface area contributed by atoms with Crippen molar-refractivity contribution in [3.05, 3.63) is 46.6 Å². The van der Waals surface area contributed by atoms with Gasteiger partial charge >= 0.3 is 0 Å². The van der Waals surface area contributed by atoms with Crippen LogP contribution in [0.25, 0.3) is 0 Å². The van der Waals surface area contributed by atoms with Crippen molar-refractivity contribution in [2.75, 3.05) is 0 Å². The predicted molar refractivity (Wildman–Crippen MR) is 80.9 cm³/mol. The molecule has 0 aliphatic heterocycles. The molecule has 1 saturated carbocycles. The van der Waals surface area contributed by atoms with E-state index in [1.165, 1.54) is 16.7 Å². The summed E-state index contributed by atoms with van der Waals surface area (Å²) >= 11 is 0. The van der Waals surface area contributed by atoms with Gasteiger partial charge in [0.2, 0.25) is 0 Å². The lowest BCUT2D eigenvalue weighted by molar-refractivity contribution is -0.116. The first kappa shape index (κ1) is 14.0. The fourth-order valence-electron chi connectivity index (χ4n) is 3.01. The Balaban J connectivity index is 2.34. The number of ketones is 1. The lowest BCUT2D eigenvalue weighted by Crippen LogP contribution is -2.14. The van der Waals surface area contributed by atoms with Crippen LogP contribution in [0.15, 0.2) is 46.6 Å². The van der Waals surface area contributed by atoms with Crippen molar-refractivity contribution in [3.8, 4) is 0 Å². The zero-order valence-electron chi connectivity index (χ0n) is 12.5. The number of rotatable bonds is 1. The van der Waals surface area contributed by atoms with Crippen LogP contribution < -0.4 is 0 Å². The molecule has 2 aliphatic rings. The van der Waals surface area contributed by atoms with Crippen molar-refractivity contribution in [1.29, 1.82) is 0 Å². The van der Waals surface area contributed by atoms with Crippen LogP contribution in [0.2, 0.25) is 0 Å². The summed E-state index contributed by atoms with van der Waals surface area (Å²) in [4.78, 5) is 12.5. The first-order valence-electron chi connectivity index (χ1n) is 7.18. The minimum Gasteiger partial charge on any atom is -0.295 e. The second-order valence-corrected chi connectivity index (χ2v) is 6.20. The van der Waals surface area contributed by atoms with Crippen molar-refractivity contribution < 1.29 is 4.79 Å². The van der Waals surface area contributed by atoms with E-state index in [9.17, 15) is 4.79 Å². The molecule has 19 heavy (non-hydrogen) atoms. The number of carbonyl (C=O) groups is 1. The lowest BCUT2D eigenvalue weighted by Gasteiger charge is -2.19. The van der Waals surface area contributed by atoms with E-state index in [0.29, 0.717) is 24.0 Å². The highest BCUT2D eigenvalue weighted by Gasteiger charge is 2.29. The molecule has 1 fully saturated rings. The fraction of sp³-hybridized carbons (Fsp3) is 0.500. The highest BCUT2D eigenvalue weighted by Crippen LogP contribution is 2.37. The minimum atomic E-state index is 0.356. The molecular formula is C18H24O. The van der Waals surface area contributed by atoms with Gasteiger partial charge in [-0.25, -0.2) is 0 Å². The number of hydrogen-bond acceptors (Lipinski definition) is 1. The number of allylic oxidation sites excluding steroid dienone is 8. The van der Waals surface area contributed by atoms with Crippen LogP contribution >= 0.6 is 0 Å². The van der Waals surface area contributed by atoms with Crippen LogP contribution in [0.1, 0.15) is 47.0 Å². The molecule has 1 nitrogen and oxygen atoms in total. The largest absolute Gasteiger partial charge is 0.295 e. The van der Waals surface area contributed by atoms with E-state index in [1.54, 1.807) is 0 Å². The van der Waals surface area contributed by atoms with Gasteiger partial charge in [0.15, 0.2) is 5.78 Å². The number of carbonyl (C=O) groups excluding carboxylic acids is 1. The van der Waals surface area contributed by atoms with E-state index in [-0.39, 0.29) is 0 Å². The molecule has 0 bridgehead atoms. The van der Waals surface area contributed by atoms with Crippen LogP contribution in [0.5, 0.6) is 0 Å². The monoisotopic (exact) mass is 256 g/mol. The summed E-state index contributed by atoms with van der Waals surface area (Å²) in [6.07, 6.45) is 11.3. The molecule has 0 heterocycles. The normalized spacial score (nSPS) is 24.0. The number of hydrogen-bond donors (Lipinski definition) is 0. The van der Waals surface area contributed by atoms with Gasteiger partial charge in [0.05, 0.1) is 0 Å². The Bertz CT molecular complexity index is 480. The minimum absolute atomic E-state index is 0.356. The summed E-state index contributed by atoms with van der Waals surface area (Å²) < 4.78 is 0. The highest BCUT2D eigenvalue weighted by atomic mass is 16.1. The molecule has 2 aliphatic carbocycles. The molecule has 0 aromatic rings. The van der Waals surface area contributed by atoms with Crippen molar-refractivity contribution in [1.82, 2.24) is 0 Å². The van der Waals surface area contributed by atoms with Gasteiger partial charge in [0.25, 0.3) is 0 Å². The average Bonchev–Trinajstić information content (AvgIpc) is 2.79. The number of Topliss-reactive ketones (excluding diaryl/α,β-unsaturated/α-hetero) is 1. The van der Waals surface area contributed by atoms with Gasteiger partial charge in [-0.2, -0.15) is 0 Å². The van der Waals surface area contributed by atoms with Gasteiger partial charge in [-0.15, -0.1) is 0 Å². The molecule has 0 aromatic heterocycles. The zero-order valence-corrected chi connectivity index (χ0v) is 12.5. The maximum atomic E-state index is 12.5. The Morgan fingerprint density at radius 3 is 2.16 bits per heavy atom. The van der Waals surface area contributed by atoms with E-state index < -0.39 is 0 Å². The molecule has 0 radical (unpaired) electrons. The fourth-order valence-corrected chi connectivity index (χ4v) is 3.01. The predicted octanol–water partition coefficient (Wildman–Crippen LogP) is 4.77. The smallest absolute Gasteiger partial charge is 0.159 e. The van der Waals surface area contributed by atoms with Crippen LogP contribution in [0, 0.1) is 11.8 Å². The summed E-state index contributed by atoms with van der Waals surface area (Å²) in [5.41, 5.74) is 5.07. The van der Waals surface area contributed by atoms with E-state index >= 15 is 0 Å². The van der Waals surface area contributed by atoms with E-state index in [1.807, 2.05) is 0 Å². The average molecular weight is 256 g/mol. The third-order valence-electron chi connectivity index (χ3n) is 4.32. The molecular weight excluding hydrogens is 232 g/mol. The van der Waals surface area contributed by atoms with Crippen LogP contribution in [-0.2, 0) is 4.79 Å². The first-order valence-corrected chi connectivity index (χ1v) is 7.18. The maximum absolute atomic E-state index is 12.5. The molecule has 2 rings (SSSR count). The molecule has 102 valence electrons. The Morgan fingerprint density at radius 1 is 1.00 bits per heavy atom. The summed E-state index contributed by atoms with van der Waals surface area (Å²) in [5, 5.41) is 0. The molecule has 0 spiro atoms. The quantitative estimate of drug-likeness (QED) is 0.375. The van der Waals surface area contributed by atoms with E-state index in [4.69, 9.17) is 0 Å². The maximum Gasteiger partial charge on any atom is 0.159 e. The third-order valence-corrected chi connectivity index (χ3v) is 4.32. The van der Waals surface area contributed by atoms with E-state index in [0.717, 1.165) is 18.4 Å². The van der Waals surface area contributed by atoms with Crippen molar-refractivity contribution in [2.24, 2.45) is 11.8 Å². The molecule has 0 N–H and O–H groups in total.